The van der Waals surface area contributed by atoms with Crippen LogP contribution in [-0.4, -0.2) is 23.5 Å². The van der Waals surface area contributed by atoms with E-state index in [2.05, 4.69) is 5.92 Å². The van der Waals surface area contributed by atoms with Crippen LogP contribution in [0.15, 0.2) is 36.4 Å². The zero-order chi connectivity index (χ0) is 12.7. The smallest absolute Gasteiger partial charge is 0.328 e. The van der Waals surface area contributed by atoms with Crippen LogP contribution in [0.3, 0.4) is 0 Å². The molecule has 0 aliphatic carbocycles. The Morgan fingerprint density at radius 1 is 1.29 bits per heavy atom. The van der Waals surface area contributed by atoms with Crippen molar-refractivity contribution in [2.45, 2.75) is 0 Å². The normalized spacial score (nSPS) is 9.82. The van der Waals surface area contributed by atoms with Crippen molar-refractivity contribution >= 4 is 11.8 Å². The summed E-state index contributed by atoms with van der Waals surface area (Å²) in [5.74, 6) is 1.34. The molecular weight excluding hydrogens is 220 g/mol. The second-order valence-corrected chi connectivity index (χ2v) is 3.05. The van der Waals surface area contributed by atoms with Gasteiger partial charge in [0.05, 0.1) is 0 Å². The number of allylic oxidation sites excluding steroid dienone is 1. The highest BCUT2D eigenvalue weighted by atomic mass is 16.5. The summed E-state index contributed by atoms with van der Waals surface area (Å²) < 4.78 is 5.13. The summed E-state index contributed by atoms with van der Waals surface area (Å²) in [5, 5.41) is 8.37. The standard InChI is InChI=1S/C13H10O4/c1-2-9-17-11-5-3-10(4-6-11)12(14)7-8-13(15)16/h1,3-8H,9H2,(H,15,16)/b8-7+. The van der Waals surface area contributed by atoms with E-state index >= 15 is 0 Å². The fourth-order valence-corrected chi connectivity index (χ4v) is 1.08. The molecule has 0 aromatic heterocycles. The molecule has 1 N–H and O–H groups in total. The van der Waals surface area contributed by atoms with Gasteiger partial charge in [-0.25, -0.2) is 4.79 Å². The fourth-order valence-electron chi connectivity index (χ4n) is 1.08. The number of ether oxygens (including phenoxy) is 1. The van der Waals surface area contributed by atoms with E-state index in [0.29, 0.717) is 11.3 Å². The van der Waals surface area contributed by atoms with Crippen molar-refractivity contribution < 1.29 is 19.4 Å². The molecule has 0 fully saturated rings. The lowest BCUT2D eigenvalue weighted by Crippen LogP contribution is -1.98. The number of hydrogen-bond acceptors (Lipinski definition) is 3. The van der Waals surface area contributed by atoms with Gasteiger partial charge in [-0.15, -0.1) is 6.42 Å². The van der Waals surface area contributed by atoms with E-state index in [1.54, 1.807) is 24.3 Å². The molecule has 1 rings (SSSR count). The number of aliphatic carboxylic acids is 1. The summed E-state index contributed by atoms with van der Waals surface area (Å²) in [6.45, 7) is 0.159. The summed E-state index contributed by atoms with van der Waals surface area (Å²) in [6.07, 6.45) is 6.82. The Balaban J connectivity index is 2.71. The lowest BCUT2D eigenvalue weighted by atomic mass is 10.1. The van der Waals surface area contributed by atoms with Crippen LogP contribution < -0.4 is 4.74 Å². The number of rotatable bonds is 5. The van der Waals surface area contributed by atoms with E-state index in [9.17, 15) is 9.59 Å². The molecule has 0 saturated carbocycles. The molecule has 0 radical (unpaired) electrons. The van der Waals surface area contributed by atoms with Crippen LogP contribution in [-0.2, 0) is 4.79 Å². The maximum absolute atomic E-state index is 11.5. The van der Waals surface area contributed by atoms with Crippen molar-refractivity contribution in [3.05, 3.63) is 42.0 Å². The van der Waals surface area contributed by atoms with E-state index in [1.807, 2.05) is 0 Å². The third-order valence-corrected chi connectivity index (χ3v) is 1.84. The van der Waals surface area contributed by atoms with Gasteiger partial charge in [0.1, 0.15) is 12.4 Å². The topological polar surface area (TPSA) is 63.6 Å². The fraction of sp³-hybridized carbons (Fsp3) is 0.0769. The highest BCUT2D eigenvalue weighted by Gasteiger charge is 2.02. The van der Waals surface area contributed by atoms with Crippen LogP contribution >= 0.6 is 0 Å². The second-order valence-electron chi connectivity index (χ2n) is 3.05. The molecule has 0 spiro atoms. The minimum Gasteiger partial charge on any atom is -0.481 e. The number of carboxylic acid groups (broad SMARTS) is 1. The zero-order valence-corrected chi connectivity index (χ0v) is 8.92. The van der Waals surface area contributed by atoms with Gasteiger partial charge in [0.2, 0.25) is 0 Å². The first-order valence-corrected chi connectivity index (χ1v) is 4.75. The molecule has 0 aliphatic rings. The lowest BCUT2D eigenvalue weighted by Gasteiger charge is -2.02. The maximum atomic E-state index is 11.5. The van der Waals surface area contributed by atoms with Crippen LogP contribution in [0.25, 0.3) is 0 Å². The van der Waals surface area contributed by atoms with Gasteiger partial charge in [0, 0.05) is 11.6 Å². The highest BCUT2D eigenvalue weighted by Crippen LogP contribution is 2.12. The van der Waals surface area contributed by atoms with E-state index in [4.69, 9.17) is 16.3 Å². The number of hydrogen-bond donors (Lipinski definition) is 1. The zero-order valence-electron chi connectivity index (χ0n) is 8.92. The molecule has 86 valence electrons. The Bertz CT molecular complexity index is 477. The minimum absolute atomic E-state index is 0.159. The molecular formula is C13H10O4. The monoisotopic (exact) mass is 230 g/mol. The second kappa shape index (κ2) is 6.13. The Kier molecular flexibility index (Phi) is 4.52. The minimum atomic E-state index is -1.16. The van der Waals surface area contributed by atoms with Crippen LogP contribution in [0.4, 0.5) is 0 Å². The van der Waals surface area contributed by atoms with Gasteiger partial charge in [-0.1, -0.05) is 5.92 Å². The van der Waals surface area contributed by atoms with Crippen molar-refractivity contribution in [2.75, 3.05) is 6.61 Å². The largest absolute Gasteiger partial charge is 0.481 e. The Morgan fingerprint density at radius 2 is 1.94 bits per heavy atom. The number of ketones is 1. The Labute approximate surface area is 98.5 Å². The van der Waals surface area contributed by atoms with E-state index in [1.165, 1.54) is 0 Å². The SMILES string of the molecule is C#CCOc1ccc(C(=O)/C=C/C(=O)O)cc1. The van der Waals surface area contributed by atoms with Gasteiger partial charge in [-0.3, -0.25) is 4.79 Å². The molecule has 17 heavy (non-hydrogen) atoms. The van der Waals surface area contributed by atoms with Crippen LogP contribution in [0.1, 0.15) is 10.4 Å². The lowest BCUT2D eigenvalue weighted by molar-refractivity contribution is -0.131. The molecule has 4 heteroatoms. The molecule has 0 saturated heterocycles. The predicted octanol–water partition coefficient (Wildman–Crippen LogP) is 1.52. The number of carboxylic acids is 1. The molecule has 4 nitrogen and oxygen atoms in total. The summed E-state index contributed by atoms with van der Waals surface area (Å²) >= 11 is 0. The summed E-state index contributed by atoms with van der Waals surface area (Å²) in [5.41, 5.74) is 0.385. The average Bonchev–Trinajstić information content (AvgIpc) is 2.34. The number of benzene rings is 1. The van der Waals surface area contributed by atoms with Crippen LogP contribution in [0, 0.1) is 12.3 Å². The number of carbonyl (C=O) groups excluding carboxylic acids is 1. The van der Waals surface area contributed by atoms with Crippen molar-refractivity contribution in [1.82, 2.24) is 0 Å². The van der Waals surface area contributed by atoms with E-state index in [-0.39, 0.29) is 12.4 Å². The highest BCUT2D eigenvalue weighted by molar-refractivity contribution is 6.06. The van der Waals surface area contributed by atoms with Crippen molar-refractivity contribution in [2.24, 2.45) is 0 Å². The van der Waals surface area contributed by atoms with Gasteiger partial charge < -0.3 is 9.84 Å². The van der Waals surface area contributed by atoms with Gasteiger partial charge in [0.25, 0.3) is 0 Å². The predicted molar refractivity (Wildman–Crippen MR) is 61.9 cm³/mol. The Hall–Kier alpha value is -2.54. The van der Waals surface area contributed by atoms with Crippen LogP contribution in [0.5, 0.6) is 5.75 Å². The summed E-state index contributed by atoms with van der Waals surface area (Å²) in [6, 6.07) is 6.28. The number of terminal acetylenes is 1. The maximum Gasteiger partial charge on any atom is 0.328 e. The molecule has 1 aromatic rings. The van der Waals surface area contributed by atoms with Gasteiger partial charge in [-0.2, -0.15) is 0 Å². The molecule has 0 amide bonds. The van der Waals surface area contributed by atoms with Crippen molar-refractivity contribution in [1.29, 1.82) is 0 Å². The average molecular weight is 230 g/mol. The number of carbonyl (C=O) groups is 2. The first-order valence-electron chi connectivity index (χ1n) is 4.75. The molecule has 1 aromatic carbocycles. The van der Waals surface area contributed by atoms with Crippen LogP contribution in [0.2, 0.25) is 0 Å². The summed E-state index contributed by atoms with van der Waals surface area (Å²) in [4.78, 5) is 21.7. The van der Waals surface area contributed by atoms with E-state index in [0.717, 1.165) is 12.2 Å². The first-order chi connectivity index (χ1) is 8.13. The first kappa shape index (κ1) is 12.5. The third kappa shape index (κ3) is 4.22. The molecule has 0 atom stereocenters. The molecule has 0 aliphatic heterocycles. The molecule has 0 unspecified atom stereocenters. The van der Waals surface area contributed by atoms with Gasteiger partial charge >= 0.3 is 5.97 Å². The molecule has 0 bridgehead atoms. The third-order valence-electron chi connectivity index (χ3n) is 1.84. The quantitative estimate of drug-likeness (QED) is 0.473. The molecule has 0 heterocycles. The van der Waals surface area contributed by atoms with Gasteiger partial charge in [0.15, 0.2) is 5.78 Å². The van der Waals surface area contributed by atoms with Gasteiger partial charge in [-0.05, 0) is 30.3 Å². The van der Waals surface area contributed by atoms with E-state index < -0.39 is 5.97 Å². The Morgan fingerprint density at radius 3 is 2.47 bits per heavy atom. The van der Waals surface area contributed by atoms with Crippen molar-refractivity contribution in [3.63, 3.8) is 0 Å². The summed E-state index contributed by atoms with van der Waals surface area (Å²) in [7, 11) is 0. The van der Waals surface area contributed by atoms with Crippen molar-refractivity contribution in [3.8, 4) is 18.1 Å².